The maximum atomic E-state index is 6.04. The molecule has 0 saturated heterocycles. The Morgan fingerprint density at radius 1 is 1.29 bits per heavy atom. The molecule has 1 aliphatic rings. The topological polar surface area (TPSA) is 47.0 Å². The van der Waals surface area contributed by atoms with Crippen LogP contribution in [-0.4, -0.2) is 15.8 Å². The van der Waals surface area contributed by atoms with Crippen LogP contribution >= 0.6 is 11.3 Å². The van der Waals surface area contributed by atoms with Crippen LogP contribution in [0, 0.1) is 5.92 Å². The third-order valence-corrected chi connectivity index (χ3v) is 4.49. The largest absolute Gasteiger partial charge is 0.485 e. The van der Waals surface area contributed by atoms with Gasteiger partial charge in [-0.15, -0.1) is 10.2 Å². The predicted molar refractivity (Wildman–Crippen MR) is 86.0 cm³/mol. The molecular weight excluding hydrogens is 282 g/mol. The molecule has 2 heterocycles. The van der Waals surface area contributed by atoms with Gasteiger partial charge in [0.2, 0.25) is 5.13 Å². The first-order valence-corrected chi connectivity index (χ1v) is 8.14. The molecule has 2 aromatic rings. The summed E-state index contributed by atoms with van der Waals surface area (Å²) >= 11 is 1.63. The number of hydrogen-bond acceptors (Lipinski definition) is 5. The summed E-state index contributed by atoms with van der Waals surface area (Å²) in [7, 11) is 0. The Morgan fingerprint density at radius 3 is 2.81 bits per heavy atom. The lowest BCUT2D eigenvalue weighted by atomic mass is 9.95. The third-order valence-electron chi connectivity index (χ3n) is 3.62. The van der Waals surface area contributed by atoms with Crippen LogP contribution in [0.25, 0.3) is 0 Å². The Bertz CT molecular complexity index is 636. The predicted octanol–water partition coefficient (Wildman–Crippen LogP) is 4.06. The van der Waals surface area contributed by atoms with Crippen LogP contribution in [0.5, 0.6) is 5.75 Å². The van der Waals surface area contributed by atoms with Gasteiger partial charge in [-0.3, -0.25) is 0 Å². The standard InChI is InChI=1S/C16H21N3OS/c1-10(2)9-13-18-19-15(21-13)17-14-11-7-5-6-8-12(11)20-16(14,3)4/h5-8,10,14H,9H2,1-4H3,(H,17,19). The fourth-order valence-corrected chi connectivity index (χ4v) is 3.63. The maximum Gasteiger partial charge on any atom is 0.206 e. The second-order valence-electron chi connectivity index (χ2n) is 6.42. The van der Waals surface area contributed by atoms with Crippen molar-refractivity contribution in [3.05, 3.63) is 34.8 Å². The molecule has 0 fully saturated rings. The lowest BCUT2D eigenvalue weighted by molar-refractivity contribution is 0.118. The quantitative estimate of drug-likeness (QED) is 0.925. The van der Waals surface area contributed by atoms with Crippen LogP contribution in [0.4, 0.5) is 5.13 Å². The van der Waals surface area contributed by atoms with Crippen molar-refractivity contribution in [2.24, 2.45) is 5.92 Å². The van der Waals surface area contributed by atoms with E-state index in [0.717, 1.165) is 22.3 Å². The van der Waals surface area contributed by atoms with E-state index in [1.54, 1.807) is 11.3 Å². The summed E-state index contributed by atoms with van der Waals surface area (Å²) in [5.74, 6) is 1.55. The number of hydrogen-bond donors (Lipinski definition) is 1. The van der Waals surface area contributed by atoms with E-state index in [4.69, 9.17) is 4.74 Å². The average molecular weight is 303 g/mol. The highest BCUT2D eigenvalue weighted by atomic mass is 32.1. The van der Waals surface area contributed by atoms with Crippen LogP contribution in [0.1, 0.15) is 44.3 Å². The second kappa shape index (κ2) is 5.30. The number of nitrogens with one attached hydrogen (secondary N) is 1. The zero-order valence-electron chi connectivity index (χ0n) is 12.9. The van der Waals surface area contributed by atoms with E-state index in [1.807, 2.05) is 18.2 Å². The monoisotopic (exact) mass is 303 g/mol. The lowest BCUT2D eigenvalue weighted by Gasteiger charge is -2.26. The van der Waals surface area contributed by atoms with Crippen molar-refractivity contribution in [3.8, 4) is 5.75 Å². The highest BCUT2D eigenvalue weighted by Gasteiger charge is 2.41. The Hall–Kier alpha value is -1.62. The van der Waals surface area contributed by atoms with Crippen molar-refractivity contribution in [1.29, 1.82) is 0 Å². The van der Waals surface area contributed by atoms with Gasteiger partial charge in [0.1, 0.15) is 16.4 Å². The van der Waals surface area contributed by atoms with Crippen LogP contribution in [-0.2, 0) is 6.42 Å². The van der Waals surface area contributed by atoms with Crippen molar-refractivity contribution in [3.63, 3.8) is 0 Å². The van der Waals surface area contributed by atoms with Crippen LogP contribution in [0.15, 0.2) is 24.3 Å². The lowest BCUT2D eigenvalue weighted by Crippen LogP contribution is -2.34. The number of ether oxygens (including phenoxy) is 1. The Morgan fingerprint density at radius 2 is 2.05 bits per heavy atom. The van der Waals surface area contributed by atoms with E-state index in [-0.39, 0.29) is 11.6 Å². The molecule has 1 atom stereocenters. The van der Waals surface area contributed by atoms with Gasteiger partial charge >= 0.3 is 0 Å². The van der Waals surface area contributed by atoms with Gasteiger partial charge in [-0.05, 0) is 25.8 Å². The molecule has 4 nitrogen and oxygen atoms in total. The number of anilines is 1. The highest BCUT2D eigenvalue weighted by Crippen LogP contribution is 2.44. The molecule has 0 spiro atoms. The third kappa shape index (κ3) is 2.88. The van der Waals surface area contributed by atoms with Gasteiger partial charge in [0.15, 0.2) is 0 Å². The van der Waals surface area contributed by atoms with Gasteiger partial charge < -0.3 is 10.1 Å². The summed E-state index contributed by atoms with van der Waals surface area (Å²) in [5.41, 5.74) is 0.885. The first kappa shape index (κ1) is 14.3. The molecular formula is C16H21N3OS. The van der Waals surface area contributed by atoms with Crippen LogP contribution < -0.4 is 10.1 Å². The second-order valence-corrected chi connectivity index (χ2v) is 7.48. The molecule has 0 aliphatic carbocycles. The molecule has 0 amide bonds. The van der Waals surface area contributed by atoms with Gasteiger partial charge in [0.05, 0.1) is 6.04 Å². The van der Waals surface area contributed by atoms with Crippen LogP contribution in [0.2, 0.25) is 0 Å². The molecule has 0 saturated carbocycles. The summed E-state index contributed by atoms with van der Waals surface area (Å²) in [6.07, 6.45) is 0.973. The normalized spacial score (nSPS) is 19.4. The molecule has 3 rings (SSSR count). The van der Waals surface area contributed by atoms with Crippen molar-refractivity contribution in [2.45, 2.75) is 45.8 Å². The van der Waals surface area contributed by atoms with Gasteiger partial charge in [0, 0.05) is 12.0 Å². The summed E-state index contributed by atoms with van der Waals surface area (Å²) < 4.78 is 6.04. The van der Waals surface area contributed by atoms with E-state index >= 15 is 0 Å². The molecule has 1 unspecified atom stereocenters. The summed E-state index contributed by atoms with van der Waals surface area (Å²) in [5, 5.41) is 14.0. The Labute approximate surface area is 129 Å². The highest BCUT2D eigenvalue weighted by molar-refractivity contribution is 7.15. The number of benzene rings is 1. The number of aromatic nitrogens is 2. The van der Waals surface area contributed by atoms with E-state index < -0.39 is 0 Å². The molecule has 1 aromatic heterocycles. The zero-order valence-corrected chi connectivity index (χ0v) is 13.7. The van der Waals surface area contributed by atoms with E-state index in [2.05, 4.69) is 49.3 Å². The fourth-order valence-electron chi connectivity index (χ4n) is 2.65. The maximum absolute atomic E-state index is 6.04. The minimum Gasteiger partial charge on any atom is -0.485 e. The average Bonchev–Trinajstić information content (AvgIpc) is 2.92. The van der Waals surface area contributed by atoms with Crippen molar-refractivity contribution < 1.29 is 4.74 Å². The Balaban J connectivity index is 1.82. The first-order chi connectivity index (χ1) is 9.95. The number of rotatable bonds is 4. The molecule has 112 valence electrons. The molecule has 5 heteroatoms. The fraction of sp³-hybridized carbons (Fsp3) is 0.500. The summed E-state index contributed by atoms with van der Waals surface area (Å²) in [6, 6.07) is 8.26. The molecule has 0 radical (unpaired) electrons. The van der Waals surface area contributed by atoms with Crippen molar-refractivity contribution in [2.75, 3.05) is 5.32 Å². The molecule has 1 aromatic carbocycles. The van der Waals surface area contributed by atoms with Gasteiger partial charge in [-0.2, -0.15) is 0 Å². The van der Waals surface area contributed by atoms with Gasteiger partial charge in [0.25, 0.3) is 0 Å². The van der Waals surface area contributed by atoms with Gasteiger partial charge in [-0.1, -0.05) is 43.4 Å². The van der Waals surface area contributed by atoms with Gasteiger partial charge in [-0.25, -0.2) is 0 Å². The van der Waals surface area contributed by atoms with E-state index in [1.165, 1.54) is 5.56 Å². The minimum atomic E-state index is -0.298. The molecule has 1 N–H and O–H groups in total. The van der Waals surface area contributed by atoms with E-state index in [9.17, 15) is 0 Å². The number of para-hydroxylation sites is 1. The number of nitrogens with zero attached hydrogens (tertiary/aromatic N) is 2. The van der Waals surface area contributed by atoms with Crippen molar-refractivity contribution in [1.82, 2.24) is 10.2 Å². The SMILES string of the molecule is CC(C)Cc1nnc(NC2c3ccccc3OC2(C)C)s1. The van der Waals surface area contributed by atoms with Crippen LogP contribution in [0.3, 0.4) is 0 Å². The summed E-state index contributed by atoms with van der Waals surface area (Å²) in [4.78, 5) is 0. The Kier molecular flexibility index (Phi) is 3.61. The molecule has 0 bridgehead atoms. The zero-order chi connectivity index (χ0) is 15.0. The van der Waals surface area contributed by atoms with E-state index in [0.29, 0.717) is 5.92 Å². The molecule has 1 aliphatic heterocycles. The van der Waals surface area contributed by atoms with Crippen molar-refractivity contribution >= 4 is 16.5 Å². The molecule has 21 heavy (non-hydrogen) atoms. The minimum absolute atomic E-state index is 0.0912. The first-order valence-electron chi connectivity index (χ1n) is 7.32. The summed E-state index contributed by atoms with van der Waals surface area (Å²) in [6.45, 7) is 8.58. The smallest absolute Gasteiger partial charge is 0.206 e. The number of fused-ring (bicyclic) bond motifs is 1.